The molecule has 0 unspecified atom stereocenters. The molecular formula is C24H23N3O3S. The number of carbonyl (C=O) groups is 3. The average Bonchev–Trinajstić information content (AvgIpc) is 3.46. The molecule has 2 aliphatic heterocycles. The Balaban J connectivity index is 1.22. The highest BCUT2D eigenvalue weighted by molar-refractivity contribution is 7.18. The summed E-state index contributed by atoms with van der Waals surface area (Å²) in [5.74, 6) is -0.458. The van der Waals surface area contributed by atoms with Gasteiger partial charge in [0.1, 0.15) is 5.01 Å². The highest BCUT2D eigenvalue weighted by Gasteiger charge is 2.36. The van der Waals surface area contributed by atoms with E-state index in [-0.39, 0.29) is 30.3 Å². The van der Waals surface area contributed by atoms with Crippen LogP contribution in [0.25, 0.3) is 10.2 Å². The molecule has 158 valence electrons. The molecule has 1 atom stereocenters. The fourth-order valence-electron chi connectivity index (χ4n) is 4.49. The molecule has 7 heteroatoms. The molecule has 0 aliphatic carbocycles. The Labute approximate surface area is 184 Å². The Bertz CT molecular complexity index is 1170. The van der Waals surface area contributed by atoms with Crippen LogP contribution < -0.4 is 0 Å². The summed E-state index contributed by atoms with van der Waals surface area (Å²) >= 11 is 1.65. The molecule has 1 aromatic heterocycles. The number of amides is 3. The second-order valence-electron chi connectivity index (χ2n) is 8.18. The molecular weight excluding hydrogens is 410 g/mol. The lowest BCUT2D eigenvalue weighted by atomic mass is 10.1. The largest absolute Gasteiger partial charge is 0.333 e. The molecule has 3 amide bonds. The molecule has 0 bridgehead atoms. The minimum atomic E-state index is -0.263. The first-order chi connectivity index (χ1) is 15.0. The van der Waals surface area contributed by atoms with Crippen LogP contribution in [0.5, 0.6) is 0 Å². The van der Waals surface area contributed by atoms with Gasteiger partial charge in [-0.05, 0) is 50.5 Å². The van der Waals surface area contributed by atoms with Gasteiger partial charge in [-0.2, -0.15) is 0 Å². The Hall–Kier alpha value is -3.06. The topological polar surface area (TPSA) is 70.6 Å². The molecule has 3 heterocycles. The lowest BCUT2D eigenvalue weighted by Crippen LogP contribution is -2.33. The maximum atomic E-state index is 13.0. The summed E-state index contributed by atoms with van der Waals surface area (Å²) in [5, 5.41) is 0.989. The molecule has 31 heavy (non-hydrogen) atoms. The smallest absolute Gasteiger partial charge is 0.261 e. The maximum absolute atomic E-state index is 13.0. The minimum absolute atomic E-state index is 0.0205. The zero-order chi connectivity index (χ0) is 21.5. The van der Waals surface area contributed by atoms with Crippen molar-refractivity contribution in [2.75, 3.05) is 13.1 Å². The number of likely N-dealkylation sites (tertiary alicyclic amines) is 1. The number of imide groups is 1. The van der Waals surface area contributed by atoms with Gasteiger partial charge in [-0.15, -0.1) is 11.3 Å². The zero-order valence-corrected chi connectivity index (χ0v) is 18.2. The van der Waals surface area contributed by atoms with Crippen LogP contribution in [0.15, 0.2) is 42.5 Å². The van der Waals surface area contributed by atoms with Crippen molar-refractivity contribution < 1.29 is 14.4 Å². The van der Waals surface area contributed by atoms with Crippen molar-refractivity contribution in [2.24, 2.45) is 0 Å². The van der Waals surface area contributed by atoms with Crippen LogP contribution in [0.3, 0.4) is 0 Å². The number of benzene rings is 2. The summed E-state index contributed by atoms with van der Waals surface area (Å²) in [6.07, 6.45) is 2.66. The molecule has 0 N–H and O–H groups in total. The van der Waals surface area contributed by atoms with E-state index < -0.39 is 0 Å². The quantitative estimate of drug-likeness (QED) is 0.561. The fourth-order valence-corrected chi connectivity index (χ4v) is 5.61. The van der Waals surface area contributed by atoms with Crippen LogP contribution in [0.2, 0.25) is 0 Å². The maximum Gasteiger partial charge on any atom is 0.261 e. The highest BCUT2D eigenvalue weighted by atomic mass is 32.1. The molecule has 0 radical (unpaired) electrons. The number of para-hydroxylation sites is 1. The van der Waals surface area contributed by atoms with Crippen molar-refractivity contribution in [2.45, 2.75) is 38.6 Å². The Kier molecular flexibility index (Phi) is 5.06. The second-order valence-corrected chi connectivity index (χ2v) is 9.24. The van der Waals surface area contributed by atoms with Crippen LogP contribution in [0.1, 0.15) is 63.0 Å². The predicted octanol–water partition coefficient (Wildman–Crippen LogP) is 4.34. The number of thiazole rings is 1. The Morgan fingerprint density at radius 1 is 1.13 bits per heavy atom. The number of hydrogen-bond donors (Lipinski definition) is 0. The van der Waals surface area contributed by atoms with Gasteiger partial charge in [0.25, 0.3) is 11.8 Å². The third kappa shape index (κ3) is 3.53. The number of aryl methyl sites for hydroxylation is 1. The van der Waals surface area contributed by atoms with Gasteiger partial charge in [0.15, 0.2) is 0 Å². The highest BCUT2D eigenvalue weighted by Crippen LogP contribution is 2.37. The van der Waals surface area contributed by atoms with Gasteiger partial charge >= 0.3 is 0 Å². The summed E-state index contributed by atoms with van der Waals surface area (Å²) in [7, 11) is 0. The number of fused-ring (bicyclic) bond motifs is 2. The summed E-state index contributed by atoms with van der Waals surface area (Å²) in [6, 6.07) is 13.4. The van der Waals surface area contributed by atoms with Crippen LogP contribution >= 0.6 is 11.3 Å². The van der Waals surface area contributed by atoms with E-state index in [1.165, 1.54) is 4.90 Å². The van der Waals surface area contributed by atoms with Gasteiger partial charge in [0, 0.05) is 19.5 Å². The molecule has 6 nitrogen and oxygen atoms in total. The van der Waals surface area contributed by atoms with Gasteiger partial charge < -0.3 is 4.90 Å². The van der Waals surface area contributed by atoms with Crippen LogP contribution in [-0.4, -0.2) is 45.6 Å². The average molecular weight is 434 g/mol. The van der Waals surface area contributed by atoms with E-state index in [1.807, 2.05) is 36.1 Å². The van der Waals surface area contributed by atoms with Crippen LogP contribution in [0.4, 0.5) is 0 Å². The summed E-state index contributed by atoms with van der Waals surface area (Å²) < 4.78 is 1.14. The number of hydrogen-bond acceptors (Lipinski definition) is 5. The normalized spacial score (nSPS) is 18.3. The molecule has 5 rings (SSSR count). The molecule has 0 spiro atoms. The van der Waals surface area contributed by atoms with Gasteiger partial charge in [-0.1, -0.05) is 23.8 Å². The van der Waals surface area contributed by atoms with E-state index in [0.29, 0.717) is 24.0 Å². The van der Waals surface area contributed by atoms with E-state index in [4.69, 9.17) is 4.98 Å². The predicted molar refractivity (Wildman–Crippen MR) is 119 cm³/mol. The molecule has 2 aliphatic rings. The van der Waals surface area contributed by atoms with Gasteiger partial charge in [-0.3, -0.25) is 19.3 Å². The first kappa shape index (κ1) is 19.9. The lowest BCUT2D eigenvalue weighted by Gasteiger charge is -2.23. The third-order valence-electron chi connectivity index (χ3n) is 6.07. The summed E-state index contributed by atoms with van der Waals surface area (Å²) in [5.41, 5.74) is 2.85. The van der Waals surface area contributed by atoms with Crippen molar-refractivity contribution in [3.63, 3.8) is 0 Å². The van der Waals surface area contributed by atoms with E-state index >= 15 is 0 Å². The molecule has 1 saturated heterocycles. The van der Waals surface area contributed by atoms with Gasteiger partial charge in [0.05, 0.1) is 27.4 Å². The second kappa shape index (κ2) is 7.89. The van der Waals surface area contributed by atoms with Crippen LogP contribution in [-0.2, 0) is 4.79 Å². The van der Waals surface area contributed by atoms with Crippen molar-refractivity contribution >= 4 is 39.3 Å². The fraction of sp³-hybridized carbons (Fsp3) is 0.333. The first-order valence-electron chi connectivity index (χ1n) is 10.6. The van der Waals surface area contributed by atoms with E-state index in [0.717, 1.165) is 40.2 Å². The molecule has 1 fully saturated rings. The van der Waals surface area contributed by atoms with Crippen molar-refractivity contribution in [1.82, 2.24) is 14.8 Å². The standard InChI is InChI=1S/C24H23N3O3S/c1-15-10-11-16-17(14-15)24(30)27(23(16)29)13-5-9-21(28)26-12-4-7-19(26)22-25-18-6-2-3-8-20(18)31-22/h2-3,6,8,10-11,14,19H,4-5,7,9,12-13H2,1H3/t19-/m0/s1. The van der Waals surface area contributed by atoms with Crippen molar-refractivity contribution in [3.05, 3.63) is 64.2 Å². The van der Waals surface area contributed by atoms with E-state index in [9.17, 15) is 14.4 Å². The van der Waals surface area contributed by atoms with E-state index in [1.54, 1.807) is 23.5 Å². The zero-order valence-electron chi connectivity index (χ0n) is 17.3. The Morgan fingerprint density at radius 3 is 2.77 bits per heavy atom. The summed E-state index contributed by atoms with van der Waals surface area (Å²) in [4.78, 5) is 46.1. The van der Waals surface area contributed by atoms with Crippen molar-refractivity contribution in [1.29, 1.82) is 0 Å². The van der Waals surface area contributed by atoms with Gasteiger partial charge in [0.2, 0.25) is 5.91 Å². The number of carbonyl (C=O) groups excluding carboxylic acids is 3. The first-order valence-corrected chi connectivity index (χ1v) is 11.5. The molecule has 3 aromatic rings. The Morgan fingerprint density at radius 2 is 1.94 bits per heavy atom. The number of nitrogens with zero attached hydrogens (tertiary/aromatic N) is 3. The molecule has 0 saturated carbocycles. The van der Waals surface area contributed by atoms with E-state index in [2.05, 4.69) is 6.07 Å². The number of rotatable bonds is 5. The van der Waals surface area contributed by atoms with Crippen molar-refractivity contribution in [3.8, 4) is 0 Å². The molecule has 2 aromatic carbocycles. The SMILES string of the molecule is Cc1ccc2c(c1)C(=O)N(CCCC(=O)N1CCC[C@H]1c1nc3ccccc3s1)C2=O. The monoisotopic (exact) mass is 433 g/mol. The van der Waals surface area contributed by atoms with Crippen LogP contribution in [0, 0.1) is 6.92 Å². The lowest BCUT2D eigenvalue weighted by molar-refractivity contribution is -0.132. The third-order valence-corrected chi connectivity index (χ3v) is 7.20. The summed E-state index contributed by atoms with van der Waals surface area (Å²) in [6.45, 7) is 2.89. The number of aromatic nitrogens is 1. The van der Waals surface area contributed by atoms with Gasteiger partial charge in [-0.25, -0.2) is 4.98 Å². The minimum Gasteiger partial charge on any atom is -0.333 e.